The number of aromatic nitrogens is 2. The summed E-state index contributed by atoms with van der Waals surface area (Å²) in [5, 5.41) is 6.82. The number of hydrogen-bond donors (Lipinski definition) is 2. The van der Waals surface area contributed by atoms with Crippen LogP contribution in [0, 0.1) is 0 Å². The summed E-state index contributed by atoms with van der Waals surface area (Å²) in [5.41, 5.74) is 1.97. The number of aryl methyl sites for hydroxylation is 1. The molecular formula is C15H19ClN4O. The van der Waals surface area contributed by atoms with Crippen LogP contribution in [0.3, 0.4) is 0 Å². The number of piperazine rings is 1. The van der Waals surface area contributed by atoms with Gasteiger partial charge in [0.1, 0.15) is 5.82 Å². The first-order chi connectivity index (χ1) is 10.2. The Morgan fingerprint density at radius 2 is 2.29 bits per heavy atom. The van der Waals surface area contributed by atoms with Crippen molar-refractivity contribution in [3.8, 4) is 0 Å². The van der Waals surface area contributed by atoms with E-state index in [1.807, 2.05) is 18.2 Å². The van der Waals surface area contributed by atoms with Gasteiger partial charge in [0, 0.05) is 31.1 Å². The molecule has 1 atom stereocenters. The van der Waals surface area contributed by atoms with Gasteiger partial charge in [-0.25, -0.2) is 4.98 Å². The zero-order chi connectivity index (χ0) is 14.8. The van der Waals surface area contributed by atoms with Gasteiger partial charge in [-0.15, -0.1) is 0 Å². The number of carbonyl (C=O) groups is 1. The van der Waals surface area contributed by atoms with Crippen LogP contribution in [-0.4, -0.2) is 34.6 Å². The first-order valence-electron chi connectivity index (χ1n) is 7.35. The lowest BCUT2D eigenvalue weighted by Crippen LogP contribution is -2.54. The van der Waals surface area contributed by atoms with Crippen LogP contribution in [0.2, 0.25) is 5.02 Å². The van der Waals surface area contributed by atoms with E-state index < -0.39 is 0 Å². The van der Waals surface area contributed by atoms with Gasteiger partial charge >= 0.3 is 0 Å². The van der Waals surface area contributed by atoms with Gasteiger partial charge in [0.25, 0.3) is 0 Å². The number of nitrogens with one attached hydrogen (secondary N) is 2. The van der Waals surface area contributed by atoms with Crippen molar-refractivity contribution in [1.82, 2.24) is 20.2 Å². The molecule has 112 valence electrons. The van der Waals surface area contributed by atoms with Crippen molar-refractivity contribution in [2.75, 3.05) is 13.1 Å². The van der Waals surface area contributed by atoms with Gasteiger partial charge in [-0.05, 0) is 24.6 Å². The van der Waals surface area contributed by atoms with Crippen LogP contribution >= 0.6 is 11.6 Å². The van der Waals surface area contributed by atoms with E-state index in [1.54, 1.807) is 0 Å². The molecule has 1 aliphatic rings. The zero-order valence-electron chi connectivity index (χ0n) is 12.0. The van der Waals surface area contributed by atoms with Gasteiger partial charge in [-0.2, -0.15) is 0 Å². The smallest absolute Gasteiger partial charge is 0.237 e. The second-order valence-corrected chi connectivity index (χ2v) is 5.75. The van der Waals surface area contributed by atoms with E-state index in [-0.39, 0.29) is 11.9 Å². The highest BCUT2D eigenvalue weighted by molar-refractivity contribution is 6.31. The molecule has 21 heavy (non-hydrogen) atoms. The molecule has 2 N–H and O–H groups in total. The Morgan fingerprint density at radius 3 is 3.05 bits per heavy atom. The molecular weight excluding hydrogens is 288 g/mol. The van der Waals surface area contributed by atoms with Gasteiger partial charge < -0.3 is 15.2 Å². The quantitative estimate of drug-likeness (QED) is 0.904. The highest BCUT2D eigenvalue weighted by Gasteiger charge is 2.24. The van der Waals surface area contributed by atoms with Crippen molar-refractivity contribution in [2.24, 2.45) is 0 Å². The number of amides is 1. The second kappa shape index (κ2) is 6.03. The van der Waals surface area contributed by atoms with E-state index in [2.05, 4.69) is 27.1 Å². The summed E-state index contributed by atoms with van der Waals surface area (Å²) in [7, 11) is 0. The Hall–Kier alpha value is -1.59. The number of benzene rings is 1. The summed E-state index contributed by atoms with van der Waals surface area (Å²) in [4.78, 5) is 16.6. The van der Waals surface area contributed by atoms with Gasteiger partial charge in [0.05, 0.1) is 17.1 Å². The molecule has 5 nitrogen and oxygen atoms in total. The summed E-state index contributed by atoms with van der Waals surface area (Å²) >= 11 is 6.05. The number of imidazole rings is 1. The largest absolute Gasteiger partial charge is 0.353 e. The Balaban J connectivity index is 1.96. The molecule has 1 unspecified atom stereocenters. The third-order valence-electron chi connectivity index (χ3n) is 3.75. The standard InChI is InChI=1S/C15H19ClN4O/c1-2-7-20-13-4-3-10(16)8-11(13)19-14(20)9-12-15(21)18-6-5-17-12/h3-4,8,12,17H,2,5-7,9H2,1H3,(H,18,21). The molecule has 2 heterocycles. The van der Waals surface area contributed by atoms with Crippen LogP contribution in [0.4, 0.5) is 0 Å². The monoisotopic (exact) mass is 306 g/mol. The van der Waals surface area contributed by atoms with Gasteiger partial charge in [0.15, 0.2) is 0 Å². The van der Waals surface area contributed by atoms with Crippen molar-refractivity contribution in [3.05, 3.63) is 29.0 Å². The topological polar surface area (TPSA) is 59.0 Å². The fourth-order valence-electron chi connectivity index (χ4n) is 2.78. The normalized spacial score (nSPS) is 19.0. The summed E-state index contributed by atoms with van der Waals surface area (Å²) in [6.07, 6.45) is 1.61. The van der Waals surface area contributed by atoms with Crippen molar-refractivity contribution in [3.63, 3.8) is 0 Å². The lowest BCUT2D eigenvalue weighted by molar-refractivity contribution is -0.124. The summed E-state index contributed by atoms with van der Waals surface area (Å²) in [5.74, 6) is 0.984. The van der Waals surface area contributed by atoms with Gasteiger partial charge in [0.2, 0.25) is 5.91 Å². The molecule has 1 fully saturated rings. The van der Waals surface area contributed by atoms with Crippen LogP contribution in [0.15, 0.2) is 18.2 Å². The molecule has 1 aliphatic heterocycles. The van der Waals surface area contributed by atoms with E-state index in [0.717, 1.165) is 36.4 Å². The number of rotatable bonds is 4. The average molecular weight is 307 g/mol. The third kappa shape index (κ3) is 2.89. The average Bonchev–Trinajstić information content (AvgIpc) is 2.79. The molecule has 1 amide bonds. The number of halogens is 1. The number of hydrogen-bond acceptors (Lipinski definition) is 3. The fourth-order valence-corrected chi connectivity index (χ4v) is 2.94. The minimum absolute atomic E-state index is 0.0504. The fraction of sp³-hybridized carbons (Fsp3) is 0.467. The van der Waals surface area contributed by atoms with Crippen LogP contribution in [0.5, 0.6) is 0 Å². The zero-order valence-corrected chi connectivity index (χ0v) is 12.8. The Morgan fingerprint density at radius 1 is 1.43 bits per heavy atom. The molecule has 2 aromatic rings. The van der Waals surface area contributed by atoms with Gasteiger partial charge in [-0.1, -0.05) is 18.5 Å². The summed E-state index contributed by atoms with van der Waals surface area (Å²) < 4.78 is 2.19. The van der Waals surface area contributed by atoms with Crippen LogP contribution in [0.25, 0.3) is 11.0 Å². The Labute approximate surface area is 128 Å². The minimum Gasteiger partial charge on any atom is -0.353 e. The van der Waals surface area contributed by atoms with E-state index >= 15 is 0 Å². The predicted molar refractivity (Wildman–Crippen MR) is 83.5 cm³/mol. The van der Waals surface area contributed by atoms with Crippen LogP contribution in [-0.2, 0) is 17.8 Å². The summed E-state index contributed by atoms with van der Waals surface area (Å²) in [6.45, 7) is 4.52. The number of carbonyl (C=O) groups excluding carboxylic acids is 1. The van der Waals surface area contributed by atoms with Crippen LogP contribution < -0.4 is 10.6 Å². The highest BCUT2D eigenvalue weighted by atomic mass is 35.5. The van der Waals surface area contributed by atoms with E-state index in [0.29, 0.717) is 18.0 Å². The highest BCUT2D eigenvalue weighted by Crippen LogP contribution is 2.22. The second-order valence-electron chi connectivity index (χ2n) is 5.31. The van der Waals surface area contributed by atoms with Crippen LogP contribution in [0.1, 0.15) is 19.2 Å². The van der Waals surface area contributed by atoms with E-state index in [4.69, 9.17) is 11.6 Å². The van der Waals surface area contributed by atoms with Gasteiger partial charge in [-0.3, -0.25) is 4.79 Å². The lowest BCUT2D eigenvalue weighted by atomic mass is 10.1. The molecule has 0 aliphatic carbocycles. The minimum atomic E-state index is -0.207. The first kappa shape index (κ1) is 14.4. The maximum absolute atomic E-state index is 11.9. The predicted octanol–water partition coefficient (Wildman–Crippen LogP) is 1.73. The van der Waals surface area contributed by atoms with Crippen molar-refractivity contribution >= 4 is 28.5 Å². The number of fused-ring (bicyclic) bond motifs is 1. The molecule has 0 radical (unpaired) electrons. The SMILES string of the molecule is CCCn1c(CC2NCCNC2=O)nc2cc(Cl)ccc21. The number of nitrogens with zero attached hydrogens (tertiary/aromatic N) is 2. The molecule has 1 aromatic heterocycles. The van der Waals surface area contributed by atoms with Crippen molar-refractivity contribution in [2.45, 2.75) is 32.4 Å². The summed E-state index contributed by atoms with van der Waals surface area (Å²) in [6, 6.07) is 5.55. The lowest BCUT2D eigenvalue weighted by Gasteiger charge is -2.23. The van der Waals surface area contributed by atoms with Crippen molar-refractivity contribution in [1.29, 1.82) is 0 Å². The molecule has 1 saturated heterocycles. The Kier molecular flexibility index (Phi) is 4.12. The molecule has 0 spiro atoms. The van der Waals surface area contributed by atoms with Crippen molar-refractivity contribution < 1.29 is 4.79 Å². The molecule has 0 bridgehead atoms. The van der Waals surface area contributed by atoms with E-state index in [9.17, 15) is 4.79 Å². The molecule has 3 rings (SSSR count). The molecule has 1 aromatic carbocycles. The maximum Gasteiger partial charge on any atom is 0.237 e. The third-order valence-corrected chi connectivity index (χ3v) is 3.99. The van der Waals surface area contributed by atoms with E-state index in [1.165, 1.54) is 0 Å². The maximum atomic E-state index is 11.9. The first-order valence-corrected chi connectivity index (χ1v) is 7.72. The molecule has 0 saturated carbocycles. The molecule has 6 heteroatoms. The Bertz CT molecular complexity index is 667.